The maximum Gasteiger partial charge on any atom is 0.227 e. The maximum atomic E-state index is 12.0. The highest BCUT2D eigenvalue weighted by Gasteiger charge is 2.26. The lowest BCUT2D eigenvalue weighted by molar-refractivity contribution is -0.117. The van der Waals surface area contributed by atoms with Crippen molar-refractivity contribution in [2.75, 3.05) is 5.32 Å². The molecule has 1 aliphatic carbocycles. The molecular formula is C14H25ClN4O. The average Bonchev–Trinajstić information content (AvgIpc) is 2.90. The van der Waals surface area contributed by atoms with Gasteiger partial charge in [0.1, 0.15) is 0 Å². The predicted molar refractivity (Wildman–Crippen MR) is 82.9 cm³/mol. The van der Waals surface area contributed by atoms with Gasteiger partial charge in [0.15, 0.2) is 0 Å². The Labute approximate surface area is 126 Å². The quantitative estimate of drug-likeness (QED) is 0.877. The van der Waals surface area contributed by atoms with Gasteiger partial charge in [0.2, 0.25) is 11.9 Å². The van der Waals surface area contributed by atoms with Crippen LogP contribution in [0.25, 0.3) is 0 Å². The first-order valence-corrected chi connectivity index (χ1v) is 7.13. The lowest BCUT2D eigenvalue weighted by Gasteiger charge is -2.15. The molecule has 1 aromatic heterocycles. The first-order valence-electron chi connectivity index (χ1n) is 7.13. The number of amides is 1. The zero-order valence-electron chi connectivity index (χ0n) is 12.2. The molecule has 1 heterocycles. The molecule has 1 aliphatic rings. The Morgan fingerprint density at radius 3 is 2.90 bits per heavy atom. The molecule has 1 saturated carbocycles. The minimum Gasteiger partial charge on any atom is -0.327 e. The van der Waals surface area contributed by atoms with Gasteiger partial charge in [0, 0.05) is 31.4 Å². The molecule has 1 amide bonds. The van der Waals surface area contributed by atoms with Crippen LogP contribution in [-0.2, 0) is 11.3 Å². The monoisotopic (exact) mass is 300 g/mol. The lowest BCUT2D eigenvalue weighted by atomic mass is 10.00. The van der Waals surface area contributed by atoms with Crippen LogP contribution in [0.5, 0.6) is 0 Å². The predicted octanol–water partition coefficient (Wildman–Crippen LogP) is 2.42. The number of anilines is 1. The van der Waals surface area contributed by atoms with E-state index in [2.05, 4.69) is 24.1 Å². The topological polar surface area (TPSA) is 72.9 Å². The average molecular weight is 301 g/mol. The summed E-state index contributed by atoms with van der Waals surface area (Å²) in [4.78, 5) is 16.2. The van der Waals surface area contributed by atoms with E-state index in [0.29, 0.717) is 24.2 Å². The summed E-state index contributed by atoms with van der Waals surface area (Å²) in [6, 6.07) is 0.182. The van der Waals surface area contributed by atoms with E-state index in [1.165, 1.54) is 0 Å². The van der Waals surface area contributed by atoms with Crippen molar-refractivity contribution < 1.29 is 4.79 Å². The fourth-order valence-electron chi connectivity index (χ4n) is 2.71. The Hall–Kier alpha value is -1.07. The molecular weight excluding hydrogens is 276 g/mol. The molecule has 0 spiro atoms. The van der Waals surface area contributed by atoms with Crippen LogP contribution in [0.2, 0.25) is 0 Å². The molecule has 5 nitrogen and oxygen atoms in total. The number of rotatable bonds is 5. The Morgan fingerprint density at radius 2 is 2.30 bits per heavy atom. The van der Waals surface area contributed by atoms with Crippen LogP contribution in [0, 0.1) is 11.8 Å². The van der Waals surface area contributed by atoms with E-state index in [4.69, 9.17) is 5.73 Å². The van der Waals surface area contributed by atoms with Crippen molar-refractivity contribution in [2.24, 2.45) is 17.6 Å². The van der Waals surface area contributed by atoms with Crippen molar-refractivity contribution >= 4 is 24.3 Å². The minimum absolute atomic E-state index is 0. The molecule has 0 unspecified atom stereocenters. The summed E-state index contributed by atoms with van der Waals surface area (Å²) >= 11 is 0. The number of hydrogen-bond acceptors (Lipinski definition) is 3. The third kappa shape index (κ3) is 4.49. The first kappa shape index (κ1) is 17.0. The van der Waals surface area contributed by atoms with E-state index < -0.39 is 0 Å². The van der Waals surface area contributed by atoms with E-state index in [1.54, 1.807) is 6.20 Å². The van der Waals surface area contributed by atoms with Gasteiger partial charge in [-0.15, -0.1) is 12.4 Å². The Morgan fingerprint density at radius 1 is 1.55 bits per heavy atom. The summed E-state index contributed by atoms with van der Waals surface area (Å²) < 4.78 is 1.98. The lowest BCUT2D eigenvalue weighted by Crippen LogP contribution is -2.28. The highest BCUT2D eigenvalue weighted by atomic mass is 35.5. The van der Waals surface area contributed by atoms with Crippen molar-refractivity contribution in [3.63, 3.8) is 0 Å². The van der Waals surface area contributed by atoms with E-state index in [9.17, 15) is 4.79 Å². The number of nitrogens with zero attached hydrogens (tertiary/aromatic N) is 2. The summed E-state index contributed by atoms with van der Waals surface area (Å²) in [7, 11) is 0. The Bertz CT molecular complexity index is 433. The smallest absolute Gasteiger partial charge is 0.227 e. The van der Waals surface area contributed by atoms with Crippen LogP contribution < -0.4 is 11.1 Å². The molecule has 0 saturated heterocycles. The van der Waals surface area contributed by atoms with Gasteiger partial charge in [0.25, 0.3) is 0 Å². The minimum atomic E-state index is 0. The zero-order valence-corrected chi connectivity index (χ0v) is 13.0. The molecule has 6 heteroatoms. The number of nitrogens with two attached hydrogens (primary N) is 1. The first-order chi connectivity index (χ1) is 9.06. The summed E-state index contributed by atoms with van der Waals surface area (Å²) in [6.45, 7) is 5.14. The zero-order chi connectivity index (χ0) is 13.8. The molecule has 0 aliphatic heterocycles. The molecule has 3 N–H and O–H groups in total. The van der Waals surface area contributed by atoms with Crippen molar-refractivity contribution in [3.8, 4) is 0 Å². The fourth-order valence-corrected chi connectivity index (χ4v) is 2.71. The molecule has 1 aromatic rings. The largest absolute Gasteiger partial charge is 0.327 e. The standard InChI is InChI=1S/C14H24N4O.ClH/c1-10(2)9-18-7-6-16-14(18)17-13(19)8-11-4-3-5-12(11)15;/h6-7,10-12H,3-5,8-9,15H2,1-2H3,(H,16,17,19);1H/t11-,12+;/m0./s1. The summed E-state index contributed by atoms with van der Waals surface area (Å²) in [6.07, 6.45) is 7.38. The number of aromatic nitrogens is 2. The van der Waals surface area contributed by atoms with Crippen LogP contribution in [0.4, 0.5) is 5.95 Å². The molecule has 2 atom stereocenters. The van der Waals surface area contributed by atoms with Crippen molar-refractivity contribution in [3.05, 3.63) is 12.4 Å². The summed E-state index contributed by atoms with van der Waals surface area (Å²) in [5.41, 5.74) is 6.00. The second-order valence-electron chi connectivity index (χ2n) is 5.90. The number of halogens is 1. The molecule has 20 heavy (non-hydrogen) atoms. The van der Waals surface area contributed by atoms with E-state index in [1.807, 2.05) is 10.8 Å². The van der Waals surface area contributed by atoms with Gasteiger partial charge in [-0.25, -0.2) is 4.98 Å². The van der Waals surface area contributed by atoms with E-state index >= 15 is 0 Å². The Kier molecular flexibility index (Phi) is 6.49. The molecule has 0 radical (unpaired) electrons. The van der Waals surface area contributed by atoms with Crippen LogP contribution in [0.3, 0.4) is 0 Å². The molecule has 2 rings (SSSR count). The summed E-state index contributed by atoms with van der Waals surface area (Å²) in [5.74, 6) is 1.52. The van der Waals surface area contributed by atoms with E-state index in [0.717, 1.165) is 25.8 Å². The van der Waals surface area contributed by atoms with Gasteiger partial charge >= 0.3 is 0 Å². The van der Waals surface area contributed by atoms with Gasteiger partial charge < -0.3 is 10.3 Å². The van der Waals surface area contributed by atoms with Gasteiger partial charge in [-0.3, -0.25) is 10.1 Å². The number of carbonyl (C=O) groups excluding carboxylic acids is 1. The van der Waals surface area contributed by atoms with Crippen LogP contribution >= 0.6 is 12.4 Å². The van der Waals surface area contributed by atoms with Crippen molar-refractivity contribution in [2.45, 2.75) is 52.1 Å². The van der Waals surface area contributed by atoms with Gasteiger partial charge in [-0.1, -0.05) is 20.3 Å². The SMILES string of the molecule is CC(C)Cn1ccnc1NC(=O)C[C@@H]1CCC[C@H]1N.Cl. The third-order valence-electron chi connectivity index (χ3n) is 3.69. The van der Waals surface area contributed by atoms with Crippen LogP contribution in [-0.4, -0.2) is 21.5 Å². The van der Waals surface area contributed by atoms with Crippen LogP contribution in [0.15, 0.2) is 12.4 Å². The van der Waals surface area contributed by atoms with E-state index in [-0.39, 0.29) is 24.4 Å². The second-order valence-corrected chi connectivity index (χ2v) is 5.90. The molecule has 0 aromatic carbocycles. The Balaban J connectivity index is 0.00000200. The van der Waals surface area contributed by atoms with Gasteiger partial charge in [-0.2, -0.15) is 0 Å². The van der Waals surface area contributed by atoms with Crippen molar-refractivity contribution in [1.29, 1.82) is 0 Å². The summed E-state index contributed by atoms with van der Waals surface area (Å²) in [5, 5.41) is 2.90. The number of carbonyl (C=O) groups is 1. The third-order valence-corrected chi connectivity index (χ3v) is 3.69. The maximum absolute atomic E-state index is 12.0. The highest BCUT2D eigenvalue weighted by Crippen LogP contribution is 2.27. The van der Waals surface area contributed by atoms with Gasteiger partial charge in [0.05, 0.1) is 0 Å². The molecule has 0 bridgehead atoms. The fraction of sp³-hybridized carbons (Fsp3) is 0.714. The number of nitrogens with one attached hydrogen (secondary N) is 1. The van der Waals surface area contributed by atoms with Crippen molar-refractivity contribution in [1.82, 2.24) is 9.55 Å². The highest BCUT2D eigenvalue weighted by molar-refractivity contribution is 5.89. The normalized spacial score (nSPS) is 21.8. The molecule has 114 valence electrons. The number of hydrogen-bond donors (Lipinski definition) is 2. The second kappa shape index (κ2) is 7.64. The number of imidazole rings is 1. The molecule has 1 fully saturated rings. The van der Waals surface area contributed by atoms with Crippen LogP contribution in [0.1, 0.15) is 39.5 Å². The van der Waals surface area contributed by atoms with Gasteiger partial charge in [-0.05, 0) is 24.7 Å².